The number of nitrogens with one attached hydrogen (secondary N) is 1. The lowest BCUT2D eigenvalue weighted by atomic mass is 10.1. The molecule has 0 bridgehead atoms. The molecule has 4 heteroatoms. The average Bonchev–Trinajstić information content (AvgIpc) is 2.49. The lowest BCUT2D eigenvalue weighted by Gasteiger charge is -2.06. The summed E-state index contributed by atoms with van der Waals surface area (Å²) in [7, 11) is 0. The number of benzene rings is 1. The molecule has 1 aromatic carbocycles. The van der Waals surface area contributed by atoms with E-state index in [1.807, 2.05) is 55.5 Å². The van der Waals surface area contributed by atoms with Crippen LogP contribution < -0.4 is 5.32 Å². The molecule has 0 aliphatic carbocycles. The SMILES string of the molecule is Cc1cc(-c2ccnc(Nc3ccccc3)n2)ccn1. The van der Waals surface area contributed by atoms with Gasteiger partial charge in [0.25, 0.3) is 0 Å². The van der Waals surface area contributed by atoms with Crippen LogP contribution in [0.1, 0.15) is 5.69 Å². The summed E-state index contributed by atoms with van der Waals surface area (Å²) in [6.45, 7) is 1.97. The maximum absolute atomic E-state index is 4.53. The van der Waals surface area contributed by atoms with Gasteiger partial charge in [0.05, 0.1) is 5.69 Å². The average molecular weight is 262 g/mol. The molecule has 0 aliphatic heterocycles. The molecule has 0 saturated carbocycles. The Bertz CT molecular complexity index is 710. The molecule has 4 nitrogen and oxygen atoms in total. The van der Waals surface area contributed by atoms with Gasteiger partial charge in [-0.1, -0.05) is 18.2 Å². The Labute approximate surface area is 117 Å². The van der Waals surface area contributed by atoms with Gasteiger partial charge in [0.15, 0.2) is 0 Å². The topological polar surface area (TPSA) is 50.7 Å². The van der Waals surface area contributed by atoms with Gasteiger partial charge in [-0.05, 0) is 37.3 Å². The van der Waals surface area contributed by atoms with Crippen molar-refractivity contribution < 1.29 is 0 Å². The number of anilines is 2. The van der Waals surface area contributed by atoms with Gasteiger partial charge in [0.2, 0.25) is 5.95 Å². The maximum atomic E-state index is 4.53. The van der Waals surface area contributed by atoms with Crippen molar-refractivity contribution >= 4 is 11.6 Å². The lowest BCUT2D eigenvalue weighted by Crippen LogP contribution is -1.97. The number of aryl methyl sites for hydroxylation is 1. The summed E-state index contributed by atoms with van der Waals surface area (Å²) in [5.74, 6) is 0.586. The number of pyridine rings is 1. The third-order valence-corrected chi connectivity index (χ3v) is 2.88. The Morgan fingerprint density at radius 1 is 0.900 bits per heavy atom. The Morgan fingerprint density at radius 3 is 2.50 bits per heavy atom. The Morgan fingerprint density at radius 2 is 1.70 bits per heavy atom. The molecule has 0 fully saturated rings. The number of nitrogens with zero attached hydrogens (tertiary/aromatic N) is 3. The number of rotatable bonds is 3. The fourth-order valence-electron chi connectivity index (χ4n) is 1.94. The van der Waals surface area contributed by atoms with Gasteiger partial charge < -0.3 is 5.32 Å². The molecule has 2 heterocycles. The third-order valence-electron chi connectivity index (χ3n) is 2.88. The summed E-state index contributed by atoms with van der Waals surface area (Å²) < 4.78 is 0. The van der Waals surface area contributed by atoms with Crippen LogP contribution in [0.15, 0.2) is 60.9 Å². The van der Waals surface area contributed by atoms with Crippen molar-refractivity contribution in [3.8, 4) is 11.3 Å². The summed E-state index contributed by atoms with van der Waals surface area (Å²) in [6.07, 6.45) is 3.54. The fourth-order valence-corrected chi connectivity index (χ4v) is 1.94. The van der Waals surface area contributed by atoms with Gasteiger partial charge in [-0.3, -0.25) is 4.98 Å². The van der Waals surface area contributed by atoms with Gasteiger partial charge in [0, 0.05) is 29.3 Å². The van der Waals surface area contributed by atoms with Crippen LogP contribution in [0.2, 0.25) is 0 Å². The zero-order valence-electron chi connectivity index (χ0n) is 11.1. The predicted octanol–water partition coefficient (Wildman–Crippen LogP) is 3.59. The van der Waals surface area contributed by atoms with Crippen LogP contribution in [0.5, 0.6) is 0 Å². The minimum atomic E-state index is 0.586. The summed E-state index contributed by atoms with van der Waals surface area (Å²) in [4.78, 5) is 13.0. The highest BCUT2D eigenvalue weighted by molar-refractivity contribution is 5.61. The summed E-state index contributed by atoms with van der Waals surface area (Å²) >= 11 is 0. The summed E-state index contributed by atoms with van der Waals surface area (Å²) in [6, 6.07) is 15.7. The molecule has 0 unspecified atom stereocenters. The van der Waals surface area contributed by atoms with Gasteiger partial charge in [-0.15, -0.1) is 0 Å². The molecule has 0 radical (unpaired) electrons. The first-order valence-corrected chi connectivity index (χ1v) is 6.39. The zero-order chi connectivity index (χ0) is 13.8. The van der Waals surface area contributed by atoms with Crippen molar-refractivity contribution in [3.05, 3.63) is 66.6 Å². The van der Waals surface area contributed by atoms with E-state index < -0.39 is 0 Å². The second kappa shape index (κ2) is 5.48. The van der Waals surface area contributed by atoms with Crippen LogP contribution in [-0.2, 0) is 0 Å². The molecule has 20 heavy (non-hydrogen) atoms. The van der Waals surface area contributed by atoms with Gasteiger partial charge in [-0.2, -0.15) is 0 Å². The van der Waals surface area contributed by atoms with Crippen molar-refractivity contribution in [2.75, 3.05) is 5.32 Å². The lowest BCUT2D eigenvalue weighted by molar-refractivity contribution is 1.15. The minimum absolute atomic E-state index is 0.586. The van der Waals surface area contributed by atoms with Crippen LogP contribution in [0.25, 0.3) is 11.3 Å². The van der Waals surface area contributed by atoms with E-state index in [1.165, 1.54) is 0 Å². The standard InChI is InChI=1S/C16H14N4/c1-12-11-13(7-9-17-12)15-8-10-18-16(20-15)19-14-5-3-2-4-6-14/h2-11H,1H3,(H,18,19,20). The summed E-state index contributed by atoms with van der Waals surface area (Å²) in [5.41, 5.74) is 3.86. The molecular formula is C16H14N4. The number of para-hydroxylation sites is 1. The van der Waals surface area contributed by atoms with E-state index >= 15 is 0 Å². The highest BCUT2D eigenvalue weighted by atomic mass is 15.1. The Balaban J connectivity index is 1.90. The van der Waals surface area contributed by atoms with Crippen molar-refractivity contribution in [2.24, 2.45) is 0 Å². The highest BCUT2D eigenvalue weighted by Gasteiger charge is 2.03. The monoisotopic (exact) mass is 262 g/mol. The zero-order valence-corrected chi connectivity index (χ0v) is 11.1. The molecule has 3 rings (SSSR count). The molecule has 0 atom stereocenters. The van der Waals surface area contributed by atoms with E-state index in [1.54, 1.807) is 12.4 Å². The van der Waals surface area contributed by atoms with Crippen LogP contribution in [0, 0.1) is 6.92 Å². The molecule has 0 amide bonds. The number of aromatic nitrogens is 3. The van der Waals surface area contributed by atoms with E-state index in [9.17, 15) is 0 Å². The number of hydrogen-bond donors (Lipinski definition) is 1. The quantitative estimate of drug-likeness (QED) is 0.783. The third kappa shape index (κ3) is 2.80. The molecule has 0 aliphatic rings. The van der Waals surface area contributed by atoms with Crippen LogP contribution in [0.4, 0.5) is 11.6 Å². The first kappa shape index (κ1) is 12.3. The second-order valence-electron chi connectivity index (χ2n) is 4.44. The van der Waals surface area contributed by atoms with Crippen molar-refractivity contribution in [1.29, 1.82) is 0 Å². The molecule has 3 aromatic rings. The van der Waals surface area contributed by atoms with Gasteiger partial charge in [-0.25, -0.2) is 9.97 Å². The van der Waals surface area contributed by atoms with Crippen molar-refractivity contribution in [1.82, 2.24) is 15.0 Å². The van der Waals surface area contributed by atoms with E-state index in [4.69, 9.17) is 0 Å². The normalized spacial score (nSPS) is 10.2. The predicted molar refractivity (Wildman–Crippen MR) is 79.7 cm³/mol. The molecular weight excluding hydrogens is 248 g/mol. The molecule has 0 saturated heterocycles. The van der Waals surface area contributed by atoms with Crippen LogP contribution in [-0.4, -0.2) is 15.0 Å². The fraction of sp³-hybridized carbons (Fsp3) is 0.0625. The van der Waals surface area contributed by atoms with E-state index in [0.717, 1.165) is 22.6 Å². The van der Waals surface area contributed by atoms with Crippen LogP contribution >= 0.6 is 0 Å². The van der Waals surface area contributed by atoms with E-state index in [0.29, 0.717) is 5.95 Å². The molecule has 1 N–H and O–H groups in total. The minimum Gasteiger partial charge on any atom is -0.324 e. The molecule has 2 aromatic heterocycles. The van der Waals surface area contributed by atoms with Gasteiger partial charge >= 0.3 is 0 Å². The van der Waals surface area contributed by atoms with Crippen molar-refractivity contribution in [3.63, 3.8) is 0 Å². The molecule has 0 spiro atoms. The maximum Gasteiger partial charge on any atom is 0.227 e. The van der Waals surface area contributed by atoms with Crippen molar-refractivity contribution in [2.45, 2.75) is 6.92 Å². The molecule has 98 valence electrons. The van der Waals surface area contributed by atoms with E-state index in [2.05, 4.69) is 20.3 Å². The highest BCUT2D eigenvalue weighted by Crippen LogP contribution is 2.19. The Hall–Kier alpha value is -2.75. The Kier molecular flexibility index (Phi) is 3.37. The smallest absolute Gasteiger partial charge is 0.227 e. The van der Waals surface area contributed by atoms with E-state index in [-0.39, 0.29) is 0 Å². The van der Waals surface area contributed by atoms with Gasteiger partial charge in [0.1, 0.15) is 0 Å². The largest absolute Gasteiger partial charge is 0.324 e. The summed E-state index contributed by atoms with van der Waals surface area (Å²) in [5, 5.41) is 3.19. The number of hydrogen-bond acceptors (Lipinski definition) is 4. The first-order chi connectivity index (χ1) is 9.81. The second-order valence-corrected chi connectivity index (χ2v) is 4.44. The van der Waals surface area contributed by atoms with Crippen LogP contribution in [0.3, 0.4) is 0 Å². The first-order valence-electron chi connectivity index (χ1n) is 6.39.